The predicted molar refractivity (Wildman–Crippen MR) is 60.6 cm³/mol. The van der Waals surface area contributed by atoms with Crippen molar-refractivity contribution in [2.45, 2.75) is 44.6 Å². The van der Waals surface area contributed by atoms with Gasteiger partial charge in [-0.15, -0.1) is 0 Å². The zero-order chi connectivity index (χ0) is 10.7. The highest BCUT2D eigenvalue weighted by Crippen LogP contribution is 2.27. The van der Waals surface area contributed by atoms with Gasteiger partial charge in [-0.05, 0) is 32.7 Å². The Morgan fingerprint density at radius 3 is 2.60 bits per heavy atom. The van der Waals surface area contributed by atoms with E-state index in [1.807, 2.05) is 7.05 Å². The number of nitrogens with zero attached hydrogens (tertiary/aromatic N) is 1. The highest BCUT2D eigenvalue weighted by atomic mass is 16.2. The second-order valence-corrected chi connectivity index (χ2v) is 4.89. The second-order valence-electron chi connectivity index (χ2n) is 4.89. The molecule has 1 N–H and O–H groups in total. The van der Waals surface area contributed by atoms with Gasteiger partial charge in [0.1, 0.15) is 0 Å². The molecule has 2 aliphatic rings. The number of carbonyl (C=O) groups is 1. The summed E-state index contributed by atoms with van der Waals surface area (Å²) in [6, 6.07) is 0.518. The molecule has 1 saturated heterocycles. The molecule has 0 bridgehead atoms. The van der Waals surface area contributed by atoms with Crippen LogP contribution in [-0.2, 0) is 4.79 Å². The molecule has 0 unspecified atom stereocenters. The molecule has 3 heteroatoms. The smallest absolute Gasteiger partial charge is 0.225 e. The molecule has 0 radical (unpaired) electrons. The van der Waals surface area contributed by atoms with E-state index < -0.39 is 0 Å². The molecule has 1 amide bonds. The van der Waals surface area contributed by atoms with Crippen LogP contribution in [0.1, 0.15) is 38.5 Å². The van der Waals surface area contributed by atoms with Crippen molar-refractivity contribution in [3.63, 3.8) is 0 Å². The number of rotatable bonds is 2. The van der Waals surface area contributed by atoms with Gasteiger partial charge < -0.3 is 10.2 Å². The topological polar surface area (TPSA) is 32.3 Å². The molecule has 0 aromatic carbocycles. The van der Waals surface area contributed by atoms with Crippen molar-refractivity contribution in [2.24, 2.45) is 5.92 Å². The van der Waals surface area contributed by atoms with Gasteiger partial charge in [0, 0.05) is 25.0 Å². The van der Waals surface area contributed by atoms with E-state index in [0.29, 0.717) is 17.9 Å². The lowest BCUT2D eigenvalue weighted by molar-refractivity contribution is -0.136. The van der Waals surface area contributed by atoms with E-state index in [-0.39, 0.29) is 0 Å². The fraction of sp³-hybridized carbons (Fsp3) is 0.917. The lowest BCUT2D eigenvalue weighted by Gasteiger charge is -2.34. The Morgan fingerprint density at radius 2 is 1.93 bits per heavy atom. The van der Waals surface area contributed by atoms with Crippen LogP contribution < -0.4 is 5.32 Å². The maximum absolute atomic E-state index is 12.2. The monoisotopic (exact) mass is 210 g/mol. The van der Waals surface area contributed by atoms with Crippen molar-refractivity contribution in [1.82, 2.24) is 10.2 Å². The van der Waals surface area contributed by atoms with Gasteiger partial charge in [0.15, 0.2) is 0 Å². The number of piperidine rings is 1. The molecule has 3 nitrogen and oxygen atoms in total. The Morgan fingerprint density at radius 1 is 1.20 bits per heavy atom. The molecule has 1 heterocycles. The van der Waals surface area contributed by atoms with E-state index >= 15 is 0 Å². The standard InChI is InChI=1S/C12H22N2O/c1-13-11-7-4-8-14(9-11)12(15)10-5-2-3-6-10/h10-11,13H,2-9H2,1H3/t11-/m1/s1. The van der Waals surface area contributed by atoms with Crippen molar-refractivity contribution in [3.8, 4) is 0 Å². The minimum Gasteiger partial charge on any atom is -0.341 e. The molecular weight excluding hydrogens is 188 g/mol. The first-order valence-corrected chi connectivity index (χ1v) is 6.27. The summed E-state index contributed by atoms with van der Waals surface area (Å²) in [6.07, 6.45) is 7.12. The molecule has 2 rings (SSSR count). The van der Waals surface area contributed by atoms with Crippen LogP contribution in [0.5, 0.6) is 0 Å². The van der Waals surface area contributed by atoms with Gasteiger partial charge in [-0.25, -0.2) is 0 Å². The average molecular weight is 210 g/mol. The third kappa shape index (κ3) is 2.51. The summed E-state index contributed by atoms with van der Waals surface area (Å²) in [6.45, 7) is 1.90. The summed E-state index contributed by atoms with van der Waals surface area (Å²) in [5, 5.41) is 3.29. The van der Waals surface area contributed by atoms with Crippen molar-refractivity contribution < 1.29 is 4.79 Å². The van der Waals surface area contributed by atoms with E-state index in [1.54, 1.807) is 0 Å². The largest absolute Gasteiger partial charge is 0.341 e. The lowest BCUT2D eigenvalue weighted by Crippen LogP contribution is -2.48. The number of likely N-dealkylation sites (N-methyl/N-ethyl adjacent to an activating group) is 1. The van der Waals surface area contributed by atoms with Gasteiger partial charge in [0.25, 0.3) is 0 Å². The van der Waals surface area contributed by atoms with Gasteiger partial charge >= 0.3 is 0 Å². The minimum atomic E-state index is 0.348. The van der Waals surface area contributed by atoms with Gasteiger partial charge in [-0.2, -0.15) is 0 Å². The van der Waals surface area contributed by atoms with E-state index in [9.17, 15) is 4.79 Å². The van der Waals surface area contributed by atoms with Crippen molar-refractivity contribution in [3.05, 3.63) is 0 Å². The van der Waals surface area contributed by atoms with Crippen LogP contribution in [0.25, 0.3) is 0 Å². The Kier molecular flexibility index (Phi) is 3.62. The SMILES string of the molecule is CN[C@@H]1CCCN(C(=O)C2CCCC2)C1. The zero-order valence-electron chi connectivity index (χ0n) is 9.67. The number of likely N-dealkylation sites (tertiary alicyclic amines) is 1. The highest BCUT2D eigenvalue weighted by molar-refractivity contribution is 5.79. The third-order valence-electron chi connectivity index (χ3n) is 3.85. The molecule has 0 aromatic rings. The molecular formula is C12H22N2O. The predicted octanol–water partition coefficient (Wildman–Crippen LogP) is 1.39. The zero-order valence-corrected chi connectivity index (χ0v) is 9.67. The molecule has 2 fully saturated rings. The fourth-order valence-corrected chi connectivity index (χ4v) is 2.84. The summed E-state index contributed by atoms with van der Waals surface area (Å²) < 4.78 is 0. The molecule has 86 valence electrons. The van der Waals surface area contributed by atoms with Crippen LogP contribution in [-0.4, -0.2) is 37.0 Å². The first-order valence-electron chi connectivity index (χ1n) is 6.27. The van der Waals surface area contributed by atoms with Crippen molar-refractivity contribution in [2.75, 3.05) is 20.1 Å². The third-order valence-corrected chi connectivity index (χ3v) is 3.85. The Bertz CT molecular complexity index is 224. The van der Waals surface area contributed by atoms with Crippen LogP contribution in [0.2, 0.25) is 0 Å². The van der Waals surface area contributed by atoms with Crippen molar-refractivity contribution >= 4 is 5.91 Å². The number of amides is 1. The van der Waals surface area contributed by atoms with E-state index in [4.69, 9.17) is 0 Å². The molecule has 1 aliphatic heterocycles. The summed E-state index contributed by atoms with van der Waals surface area (Å²) >= 11 is 0. The van der Waals surface area contributed by atoms with E-state index in [0.717, 1.165) is 32.4 Å². The summed E-state index contributed by atoms with van der Waals surface area (Å²) in [7, 11) is 1.99. The number of hydrogen-bond acceptors (Lipinski definition) is 2. The highest BCUT2D eigenvalue weighted by Gasteiger charge is 2.29. The number of carbonyl (C=O) groups excluding carboxylic acids is 1. The van der Waals surface area contributed by atoms with E-state index in [1.165, 1.54) is 19.3 Å². The molecule has 0 aromatic heterocycles. The van der Waals surface area contributed by atoms with Crippen LogP contribution in [0.15, 0.2) is 0 Å². The van der Waals surface area contributed by atoms with Gasteiger partial charge in [-0.1, -0.05) is 12.8 Å². The van der Waals surface area contributed by atoms with Crippen LogP contribution in [0, 0.1) is 5.92 Å². The van der Waals surface area contributed by atoms with Crippen LogP contribution in [0.3, 0.4) is 0 Å². The quantitative estimate of drug-likeness (QED) is 0.747. The Hall–Kier alpha value is -0.570. The maximum Gasteiger partial charge on any atom is 0.225 e. The second kappa shape index (κ2) is 4.97. The lowest BCUT2D eigenvalue weighted by atomic mass is 10.0. The maximum atomic E-state index is 12.2. The van der Waals surface area contributed by atoms with Crippen LogP contribution >= 0.6 is 0 Å². The molecule has 0 spiro atoms. The summed E-state index contributed by atoms with van der Waals surface area (Å²) in [4.78, 5) is 14.2. The Labute approximate surface area is 92.2 Å². The molecule has 1 aliphatic carbocycles. The molecule has 15 heavy (non-hydrogen) atoms. The average Bonchev–Trinajstić information content (AvgIpc) is 2.81. The fourth-order valence-electron chi connectivity index (χ4n) is 2.84. The summed E-state index contributed by atoms with van der Waals surface area (Å²) in [5.41, 5.74) is 0. The van der Waals surface area contributed by atoms with E-state index in [2.05, 4.69) is 10.2 Å². The number of nitrogens with one attached hydrogen (secondary N) is 1. The number of hydrogen-bond donors (Lipinski definition) is 1. The normalized spacial score (nSPS) is 28.3. The first kappa shape index (κ1) is 10.9. The molecule has 1 saturated carbocycles. The summed E-state index contributed by atoms with van der Waals surface area (Å²) in [5.74, 6) is 0.771. The Balaban J connectivity index is 1.88. The van der Waals surface area contributed by atoms with Gasteiger partial charge in [0.05, 0.1) is 0 Å². The van der Waals surface area contributed by atoms with Gasteiger partial charge in [0.2, 0.25) is 5.91 Å². The van der Waals surface area contributed by atoms with Crippen molar-refractivity contribution in [1.29, 1.82) is 0 Å². The molecule has 1 atom stereocenters. The van der Waals surface area contributed by atoms with Crippen LogP contribution in [0.4, 0.5) is 0 Å². The van der Waals surface area contributed by atoms with Gasteiger partial charge in [-0.3, -0.25) is 4.79 Å². The minimum absolute atomic E-state index is 0.348. The first-order chi connectivity index (χ1) is 7.31.